The molecule has 5 aromatic rings. The molecule has 0 saturated carbocycles. The summed E-state index contributed by atoms with van der Waals surface area (Å²) in [6.07, 6.45) is 9.78. The highest BCUT2D eigenvalue weighted by Gasteiger charge is 2.14. The SMILES string of the molecule is c1cnc2[nH]c(-c3[nH]nc4ncc(-c5cncc(OCCN6CCCC6)c5)cc34)cc2c1. The summed E-state index contributed by atoms with van der Waals surface area (Å²) < 4.78 is 5.97. The van der Waals surface area contributed by atoms with Crippen LogP contribution in [0.4, 0.5) is 0 Å². The van der Waals surface area contributed by atoms with Gasteiger partial charge in [0, 0.05) is 47.0 Å². The number of ether oxygens (including phenoxy) is 1. The van der Waals surface area contributed by atoms with Crippen LogP contribution < -0.4 is 4.74 Å². The van der Waals surface area contributed by atoms with Gasteiger partial charge < -0.3 is 9.72 Å². The van der Waals surface area contributed by atoms with Gasteiger partial charge >= 0.3 is 0 Å². The largest absolute Gasteiger partial charge is 0.491 e. The number of fused-ring (bicyclic) bond motifs is 2. The Morgan fingerprint density at radius 3 is 2.81 bits per heavy atom. The van der Waals surface area contributed by atoms with Crippen LogP contribution in [0, 0.1) is 0 Å². The summed E-state index contributed by atoms with van der Waals surface area (Å²) in [4.78, 5) is 19.1. The highest BCUT2D eigenvalue weighted by Crippen LogP contribution is 2.31. The van der Waals surface area contributed by atoms with Crippen LogP contribution in [-0.2, 0) is 0 Å². The fraction of sp³-hybridized carbons (Fsp3) is 0.250. The van der Waals surface area contributed by atoms with Crippen LogP contribution in [0.25, 0.3) is 44.6 Å². The van der Waals surface area contributed by atoms with Crippen molar-refractivity contribution in [3.63, 3.8) is 0 Å². The number of aromatic amines is 2. The van der Waals surface area contributed by atoms with Crippen molar-refractivity contribution in [1.29, 1.82) is 0 Å². The van der Waals surface area contributed by atoms with Crippen LogP contribution in [0.1, 0.15) is 12.8 Å². The maximum absolute atomic E-state index is 5.97. The molecule has 6 heterocycles. The molecule has 0 aliphatic carbocycles. The normalized spacial score (nSPS) is 14.5. The first-order valence-corrected chi connectivity index (χ1v) is 10.9. The molecular weight excluding hydrogens is 402 g/mol. The molecular formula is C24H23N7O. The molecule has 0 spiro atoms. The van der Waals surface area contributed by atoms with E-state index in [4.69, 9.17) is 4.74 Å². The van der Waals surface area contributed by atoms with E-state index in [1.165, 1.54) is 25.9 Å². The lowest BCUT2D eigenvalue weighted by atomic mass is 10.1. The van der Waals surface area contributed by atoms with Gasteiger partial charge in [0.1, 0.15) is 18.0 Å². The number of pyridine rings is 3. The molecule has 1 aliphatic heterocycles. The van der Waals surface area contributed by atoms with Crippen molar-refractivity contribution < 1.29 is 4.74 Å². The van der Waals surface area contributed by atoms with Crippen LogP contribution in [0.3, 0.4) is 0 Å². The van der Waals surface area contributed by atoms with Crippen LogP contribution in [0.15, 0.2) is 55.1 Å². The predicted molar refractivity (Wildman–Crippen MR) is 123 cm³/mol. The summed E-state index contributed by atoms with van der Waals surface area (Å²) in [5.41, 5.74) is 5.25. The Bertz CT molecular complexity index is 1350. The summed E-state index contributed by atoms with van der Waals surface area (Å²) in [5, 5.41) is 9.49. The van der Waals surface area contributed by atoms with Crippen molar-refractivity contribution in [3.8, 4) is 28.3 Å². The number of aromatic nitrogens is 6. The van der Waals surface area contributed by atoms with Gasteiger partial charge in [-0.2, -0.15) is 5.10 Å². The van der Waals surface area contributed by atoms with Gasteiger partial charge in [-0.25, -0.2) is 9.97 Å². The Balaban J connectivity index is 1.28. The van der Waals surface area contributed by atoms with Crippen molar-refractivity contribution >= 4 is 22.1 Å². The number of rotatable bonds is 6. The minimum absolute atomic E-state index is 0.668. The first-order valence-electron chi connectivity index (χ1n) is 10.9. The zero-order valence-electron chi connectivity index (χ0n) is 17.6. The van der Waals surface area contributed by atoms with Crippen LogP contribution in [0.5, 0.6) is 5.75 Å². The van der Waals surface area contributed by atoms with Crippen molar-refractivity contribution in [2.75, 3.05) is 26.2 Å². The third-order valence-corrected chi connectivity index (χ3v) is 5.99. The lowest BCUT2D eigenvalue weighted by Gasteiger charge is -2.15. The van der Waals surface area contributed by atoms with E-state index in [2.05, 4.69) is 47.2 Å². The molecule has 5 aromatic heterocycles. The smallest absolute Gasteiger partial charge is 0.181 e. The van der Waals surface area contributed by atoms with Gasteiger partial charge in [-0.1, -0.05) is 0 Å². The van der Waals surface area contributed by atoms with Gasteiger partial charge in [0.05, 0.1) is 17.6 Å². The van der Waals surface area contributed by atoms with E-state index in [0.29, 0.717) is 12.3 Å². The van der Waals surface area contributed by atoms with E-state index in [1.54, 1.807) is 12.4 Å². The fourth-order valence-electron chi connectivity index (χ4n) is 4.31. The first-order chi connectivity index (χ1) is 15.8. The van der Waals surface area contributed by atoms with Crippen LogP contribution >= 0.6 is 0 Å². The standard InChI is InChI=1S/C24H23N7O/c1-2-7-31(6-1)8-9-32-19-10-17(13-25-15-19)18-11-20-22(29-30-24(20)27-14-18)21-12-16-4-3-5-26-23(16)28-21/h3-5,10-15H,1-2,6-9H2,(H,26,28)(H,27,29,30). The molecule has 2 N–H and O–H groups in total. The molecule has 8 heteroatoms. The Labute approximate surface area is 184 Å². The Morgan fingerprint density at radius 1 is 1.00 bits per heavy atom. The highest BCUT2D eigenvalue weighted by molar-refractivity contribution is 5.95. The van der Waals surface area contributed by atoms with E-state index in [-0.39, 0.29) is 0 Å². The number of nitrogens with one attached hydrogen (secondary N) is 2. The monoisotopic (exact) mass is 425 g/mol. The minimum atomic E-state index is 0.668. The summed E-state index contributed by atoms with van der Waals surface area (Å²) in [7, 11) is 0. The summed E-state index contributed by atoms with van der Waals surface area (Å²) in [6, 6.07) is 10.1. The molecule has 0 bridgehead atoms. The second-order valence-corrected chi connectivity index (χ2v) is 8.12. The van der Waals surface area contributed by atoms with Gasteiger partial charge in [0.2, 0.25) is 0 Å². The Morgan fingerprint density at radius 2 is 1.91 bits per heavy atom. The summed E-state index contributed by atoms with van der Waals surface area (Å²) in [5.74, 6) is 0.774. The molecule has 1 saturated heterocycles. The maximum Gasteiger partial charge on any atom is 0.181 e. The molecule has 0 aromatic carbocycles. The lowest BCUT2D eigenvalue weighted by molar-refractivity contribution is 0.237. The molecule has 32 heavy (non-hydrogen) atoms. The quantitative estimate of drug-likeness (QED) is 0.426. The maximum atomic E-state index is 5.97. The average Bonchev–Trinajstić information content (AvgIpc) is 3.58. The van der Waals surface area contributed by atoms with Crippen LogP contribution in [-0.4, -0.2) is 61.3 Å². The molecule has 0 radical (unpaired) electrons. The van der Waals surface area contributed by atoms with E-state index >= 15 is 0 Å². The fourth-order valence-corrected chi connectivity index (χ4v) is 4.31. The van der Waals surface area contributed by atoms with Crippen molar-refractivity contribution in [2.45, 2.75) is 12.8 Å². The molecule has 1 aliphatic rings. The van der Waals surface area contributed by atoms with Gasteiger partial charge in [-0.15, -0.1) is 0 Å². The second kappa shape index (κ2) is 8.05. The van der Waals surface area contributed by atoms with E-state index in [9.17, 15) is 0 Å². The molecule has 0 amide bonds. The Hall–Kier alpha value is -3.78. The molecule has 0 unspecified atom stereocenters. The van der Waals surface area contributed by atoms with Crippen molar-refractivity contribution in [1.82, 2.24) is 35.0 Å². The summed E-state index contributed by atoms with van der Waals surface area (Å²) >= 11 is 0. The van der Waals surface area contributed by atoms with Gasteiger partial charge in [0.25, 0.3) is 0 Å². The third-order valence-electron chi connectivity index (χ3n) is 5.99. The molecule has 8 nitrogen and oxygen atoms in total. The third kappa shape index (κ3) is 3.58. The second-order valence-electron chi connectivity index (χ2n) is 8.12. The van der Waals surface area contributed by atoms with Gasteiger partial charge in [-0.05, 0) is 56.3 Å². The zero-order chi connectivity index (χ0) is 21.3. The minimum Gasteiger partial charge on any atom is -0.491 e. The molecule has 160 valence electrons. The van der Waals surface area contributed by atoms with E-state index in [1.807, 2.05) is 30.6 Å². The zero-order valence-corrected chi connectivity index (χ0v) is 17.6. The van der Waals surface area contributed by atoms with Crippen molar-refractivity contribution in [3.05, 3.63) is 55.1 Å². The topological polar surface area (TPSA) is 95.6 Å². The number of H-pyrrole nitrogens is 2. The first kappa shape index (κ1) is 18.9. The average molecular weight is 425 g/mol. The van der Waals surface area contributed by atoms with Crippen molar-refractivity contribution in [2.24, 2.45) is 0 Å². The molecule has 1 fully saturated rings. The lowest BCUT2D eigenvalue weighted by Crippen LogP contribution is -2.25. The molecule has 6 rings (SSSR count). The number of hydrogen-bond acceptors (Lipinski definition) is 6. The van der Waals surface area contributed by atoms with Crippen LogP contribution in [0.2, 0.25) is 0 Å². The highest BCUT2D eigenvalue weighted by atomic mass is 16.5. The number of hydrogen-bond donors (Lipinski definition) is 2. The van der Waals surface area contributed by atoms with Gasteiger partial charge in [0.15, 0.2) is 5.65 Å². The number of likely N-dealkylation sites (tertiary alicyclic amines) is 1. The Kier molecular flexibility index (Phi) is 4.77. The van der Waals surface area contributed by atoms with Gasteiger partial charge in [-0.3, -0.25) is 15.0 Å². The number of nitrogens with zero attached hydrogens (tertiary/aromatic N) is 5. The van der Waals surface area contributed by atoms with E-state index < -0.39 is 0 Å². The predicted octanol–water partition coefficient (Wildman–Crippen LogP) is 4.04. The molecule has 0 atom stereocenters. The van der Waals surface area contributed by atoms with E-state index in [0.717, 1.165) is 51.2 Å². The summed E-state index contributed by atoms with van der Waals surface area (Å²) in [6.45, 7) is 3.97.